The van der Waals surface area contributed by atoms with Gasteiger partial charge < -0.3 is 14.2 Å². The molecule has 0 aliphatic heterocycles. The molecule has 1 unspecified atom stereocenters. The molecule has 18 heavy (non-hydrogen) atoms. The molecule has 0 radical (unpaired) electrons. The highest BCUT2D eigenvalue weighted by molar-refractivity contribution is 5.24. The lowest BCUT2D eigenvalue weighted by Gasteiger charge is -2.30. The Hall–Kier alpha value is -0.900. The van der Waals surface area contributed by atoms with Crippen LogP contribution in [0.25, 0.3) is 0 Å². The van der Waals surface area contributed by atoms with E-state index in [1.807, 2.05) is 12.1 Å². The van der Waals surface area contributed by atoms with Gasteiger partial charge in [0.05, 0.1) is 19.8 Å². The van der Waals surface area contributed by atoms with E-state index >= 15 is 0 Å². The third-order valence-corrected chi connectivity index (χ3v) is 3.37. The van der Waals surface area contributed by atoms with Crippen molar-refractivity contribution in [1.82, 2.24) is 0 Å². The Morgan fingerprint density at radius 1 is 1.11 bits per heavy atom. The highest BCUT2D eigenvalue weighted by Gasteiger charge is 2.28. The first-order chi connectivity index (χ1) is 8.67. The van der Waals surface area contributed by atoms with E-state index < -0.39 is 0 Å². The van der Waals surface area contributed by atoms with Crippen LogP contribution in [0.1, 0.15) is 24.5 Å². The van der Waals surface area contributed by atoms with Crippen LogP contribution in [-0.4, -0.2) is 33.0 Å². The van der Waals surface area contributed by atoms with Crippen LogP contribution in [0.15, 0.2) is 24.3 Å². The van der Waals surface area contributed by atoms with E-state index in [4.69, 9.17) is 14.2 Å². The minimum absolute atomic E-state index is 0.336. The number of ether oxygens (including phenoxy) is 3. The third kappa shape index (κ3) is 4.09. The molecule has 0 fully saturated rings. The molecule has 0 saturated heterocycles. The molecule has 102 valence electrons. The van der Waals surface area contributed by atoms with E-state index in [0.29, 0.717) is 19.8 Å². The summed E-state index contributed by atoms with van der Waals surface area (Å²) in [6, 6.07) is 8.25. The molecule has 0 amide bonds. The van der Waals surface area contributed by atoms with Crippen molar-refractivity contribution in [2.75, 3.05) is 27.4 Å². The molecule has 1 aromatic rings. The number of hydrogen-bond acceptors (Lipinski definition) is 3. The Balaban J connectivity index is 2.51. The zero-order chi connectivity index (χ0) is 13.4. The lowest BCUT2D eigenvalue weighted by atomic mass is 10.0. The topological polar surface area (TPSA) is 27.7 Å². The maximum Gasteiger partial charge on any atom is 0.114 e. The quantitative estimate of drug-likeness (QED) is 0.712. The summed E-state index contributed by atoms with van der Waals surface area (Å²) in [6.07, 6.45) is 0.866. The van der Waals surface area contributed by atoms with E-state index in [9.17, 15) is 0 Å². The summed E-state index contributed by atoms with van der Waals surface area (Å²) < 4.78 is 16.6. The summed E-state index contributed by atoms with van der Waals surface area (Å²) in [7, 11) is 3.39. The summed E-state index contributed by atoms with van der Waals surface area (Å²) in [6.45, 7) is 5.88. The second-order valence-electron chi connectivity index (χ2n) is 4.59. The number of rotatable bonds is 8. The van der Waals surface area contributed by atoms with Crippen LogP contribution in [0.5, 0.6) is 0 Å². The molecule has 0 bridgehead atoms. The number of aryl methyl sites for hydroxylation is 1. The Morgan fingerprint density at radius 2 is 1.83 bits per heavy atom. The maximum atomic E-state index is 5.80. The summed E-state index contributed by atoms with van der Waals surface area (Å²) in [5.74, 6) is 0. The van der Waals surface area contributed by atoms with Gasteiger partial charge in [0.15, 0.2) is 0 Å². The second-order valence-corrected chi connectivity index (χ2v) is 4.59. The molecule has 0 aliphatic rings. The first-order valence-electron chi connectivity index (χ1n) is 6.34. The molecule has 3 nitrogen and oxygen atoms in total. The molecular weight excluding hydrogens is 228 g/mol. The van der Waals surface area contributed by atoms with Gasteiger partial charge in [-0.3, -0.25) is 0 Å². The molecule has 3 heteroatoms. The molecular formula is C15H24O3. The van der Waals surface area contributed by atoms with Crippen LogP contribution in [-0.2, 0) is 20.8 Å². The number of benzene rings is 1. The van der Waals surface area contributed by atoms with Crippen molar-refractivity contribution < 1.29 is 14.2 Å². The largest absolute Gasteiger partial charge is 0.382 e. The van der Waals surface area contributed by atoms with Crippen molar-refractivity contribution in [3.05, 3.63) is 35.4 Å². The Labute approximate surface area is 110 Å². The predicted molar refractivity (Wildman–Crippen MR) is 72.7 cm³/mol. The molecule has 1 atom stereocenters. The van der Waals surface area contributed by atoms with Crippen molar-refractivity contribution in [3.63, 3.8) is 0 Å². The third-order valence-electron chi connectivity index (χ3n) is 3.37. The van der Waals surface area contributed by atoms with Crippen LogP contribution < -0.4 is 0 Å². The minimum atomic E-state index is -0.336. The van der Waals surface area contributed by atoms with Crippen LogP contribution in [0.4, 0.5) is 0 Å². The SMILES string of the molecule is CCC(COC)(COCc1ccccc1C)OC. The molecule has 1 rings (SSSR count). The normalized spacial score (nSPS) is 14.4. The van der Waals surface area contributed by atoms with Crippen LogP contribution in [0, 0.1) is 6.92 Å². The van der Waals surface area contributed by atoms with Crippen molar-refractivity contribution in [2.45, 2.75) is 32.5 Å². The van der Waals surface area contributed by atoms with Gasteiger partial charge in [-0.2, -0.15) is 0 Å². The summed E-state index contributed by atoms with van der Waals surface area (Å²) in [4.78, 5) is 0. The highest BCUT2D eigenvalue weighted by Crippen LogP contribution is 2.17. The fourth-order valence-electron chi connectivity index (χ4n) is 1.89. The van der Waals surface area contributed by atoms with Crippen LogP contribution >= 0.6 is 0 Å². The lowest BCUT2D eigenvalue weighted by Crippen LogP contribution is -2.40. The first-order valence-corrected chi connectivity index (χ1v) is 6.34. The summed E-state index contributed by atoms with van der Waals surface area (Å²) >= 11 is 0. The van der Waals surface area contributed by atoms with E-state index in [0.717, 1.165) is 6.42 Å². The van der Waals surface area contributed by atoms with Crippen molar-refractivity contribution in [3.8, 4) is 0 Å². The Bertz CT molecular complexity index is 345. The molecule has 0 saturated carbocycles. The Morgan fingerprint density at radius 3 is 2.39 bits per heavy atom. The Kier molecular flexibility index (Phi) is 6.33. The lowest BCUT2D eigenvalue weighted by molar-refractivity contribution is -0.116. The van der Waals surface area contributed by atoms with Gasteiger partial charge in [0.1, 0.15) is 5.60 Å². The van der Waals surface area contributed by atoms with Crippen molar-refractivity contribution >= 4 is 0 Å². The predicted octanol–water partition coefficient (Wildman–Crippen LogP) is 2.95. The fourth-order valence-corrected chi connectivity index (χ4v) is 1.89. The maximum absolute atomic E-state index is 5.80. The summed E-state index contributed by atoms with van der Waals surface area (Å²) in [5.41, 5.74) is 2.14. The van der Waals surface area contributed by atoms with Gasteiger partial charge in [-0.1, -0.05) is 31.2 Å². The minimum Gasteiger partial charge on any atom is -0.382 e. The number of hydrogen-bond donors (Lipinski definition) is 0. The molecule has 0 heterocycles. The van der Waals surface area contributed by atoms with Gasteiger partial charge in [0, 0.05) is 14.2 Å². The zero-order valence-corrected chi connectivity index (χ0v) is 11.9. The van der Waals surface area contributed by atoms with Gasteiger partial charge in [0.25, 0.3) is 0 Å². The second kappa shape index (κ2) is 7.52. The smallest absolute Gasteiger partial charge is 0.114 e. The highest BCUT2D eigenvalue weighted by atomic mass is 16.6. The molecule has 1 aromatic carbocycles. The monoisotopic (exact) mass is 252 g/mol. The first kappa shape index (κ1) is 15.2. The van der Waals surface area contributed by atoms with Crippen LogP contribution in [0.3, 0.4) is 0 Å². The van der Waals surface area contributed by atoms with Gasteiger partial charge in [-0.05, 0) is 24.5 Å². The van der Waals surface area contributed by atoms with E-state index in [-0.39, 0.29) is 5.60 Å². The van der Waals surface area contributed by atoms with Gasteiger partial charge in [0.2, 0.25) is 0 Å². The van der Waals surface area contributed by atoms with E-state index in [1.54, 1.807) is 14.2 Å². The zero-order valence-electron chi connectivity index (χ0n) is 11.9. The van der Waals surface area contributed by atoms with Gasteiger partial charge >= 0.3 is 0 Å². The average Bonchev–Trinajstić information content (AvgIpc) is 2.40. The van der Waals surface area contributed by atoms with Gasteiger partial charge in [-0.15, -0.1) is 0 Å². The molecule has 0 aliphatic carbocycles. The summed E-state index contributed by atoms with van der Waals surface area (Å²) in [5, 5.41) is 0. The average molecular weight is 252 g/mol. The van der Waals surface area contributed by atoms with Crippen molar-refractivity contribution in [1.29, 1.82) is 0 Å². The fraction of sp³-hybridized carbons (Fsp3) is 0.600. The molecule has 0 aromatic heterocycles. The molecule has 0 spiro atoms. The molecule has 0 N–H and O–H groups in total. The van der Waals surface area contributed by atoms with Crippen molar-refractivity contribution in [2.24, 2.45) is 0 Å². The van der Waals surface area contributed by atoms with Crippen LogP contribution in [0.2, 0.25) is 0 Å². The standard InChI is InChI=1S/C15H24O3/c1-5-15(17-4,11-16-3)12-18-10-14-9-7-6-8-13(14)2/h6-9H,5,10-12H2,1-4H3. The van der Waals surface area contributed by atoms with E-state index in [1.165, 1.54) is 11.1 Å². The number of methoxy groups -OCH3 is 2. The van der Waals surface area contributed by atoms with Gasteiger partial charge in [-0.25, -0.2) is 0 Å². The van der Waals surface area contributed by atoms with E-state index in [2.05, 4.69) is 26.0 Å².